The number of carbonyl (C=O) groups excluding carboxylic acids is 1. The average Bonchev–Trinajstić information content (AvgIpc) is 2.71. The molecule has 0 aromatic carbocycles. The number of rotatable bonds is 5. The van der Waals surface area contributed by atoms with Crippen molar-refractivity contribution in [3.05, 3.63) is 23.3 Å². The summed E-state index contributed by atoms with van der Waals surface area (Å²) in [6, 6.07) is 0. The third kappa shape index (κ3) is 5.45. The van der Waals surface area contributed by atoms with Crippen molar-refractivity contribution < 1.29 is 4.79 Å². The van der Waals surface area contributed by atoms with Crippen LogP contribution in [0.2, 0.25) is 0 Å². The topological polar surface area (TPSA) is 35.6 Å². The molecule has 1 N–H and O–H groups in total. The van der Waals surface area contributed by atoms with Crippen LogP contribution in [0.4, 0.5) is 0 Å². The van der Waals surface area contributed by atoms with Gasteiger partial charge in [0.2, 0.25) is 5.91 Å². The van der Waals surface area contributed by atoms with Crippen LogP contribution >= 0.6 is 0 Å². The molecule has 0 aromatic heterocycles. The molecular formula is C20H35N3O. The highest BCUT2D eigenvalue weighted by atomic mass is 16.1. The predicted octanol–water partition coefficient (Wildman–Crippen LogP) is 2.97. The molecule has 2 rings (SSSR count). The van der Waals surface area contributed by atoms with Gasteiger partial charge in [-0.3, -0.25) is 14.6 Å². The van der Waals surface area contributed by atoms with Gasteiger partial charge in [0.05, 0.1) is 0 Å². The van der Waals surface area contributed by atoms with Crippen LogP contribution in [0.3, 0.4) is 0 Å². The second-order valence-corrected chi connectivity index (χ2v) is 7.85. The van der Waals surface area contributed by atoms with Gasteiger partial charge in [0, 0.05) is 44.7 Å². The summed E-state index contributed by atoms with van der Waals surface area (Å²) in [5.41, 5.74) is 3.06. The zero-order valence-corrected chi connectivity index (χ0v) is 16.0. The van der Waals surface area contributed by atoms with E-state index in [1.807, 2.05) is 0 Å². The van der Waals surface area contributed by atoms with E-state index in [1.54, 1.807) is 0 Å². The minimum atomic E-state index is 0.168. The Hall–Kier alpha value is -1.13. The number of likely N-dealkylation sites (N-methyl/N-ethyl adjacent to an activating group) is 1. The molecule has 2 fully saturated rings. The van der Waals surface area contributed by atoms with E-state index < -0.39 is 0 Å². The summed E-state index contributed by atoms with van der Waals surface area (Å²) in [5, 5.41) is 3.03. The summed E-state index contributed by atoms with van der Waals surface area (Å²) in [7, 11) is 2.23. The van der Waals surface area contributed by atoms with Crippen LogP contribution in [0.5, 0.6) is 0 Å². The Labute approximate surface area is 148 Å². The molecular weight excluding hydrogens is 298 g/mol. The average molecular weight is 334 g/mol. The summed E-state index contributed by atoms with van der Waals surface area (Å²) < 4.78 is 0. The maximum atomic E-state index is 11.7. The highest BCUT2D eigenvalue weighted by Gasteiger charge is 2.40. The minimum absolute atomic E-state index is 0.168. The van der Waals surface area contributed by atoms with Crippen LogP contribution < -0.4 is 5.32 Å². The van der Waals surface area contributed by atoms with Crippen LogP contribution in [0.15, 0.2) is 23.3 Å². The van der Waals surface area contributed by atoms with E-state index in [1.165, 1.54) is 11.1 Å². The van der Waals surface area contributed by atoms with Crippen molar-refractivity contribution in [1.29, 1.82) is 0 Å². The molecule has 0 aromatic rings. The van der Waals surface area contributed by atoms with Gasteiger partial charge in [0.15, 0.2) is 0 Å². The van der Waals surface area contributed by atoms with Gasteiger partial charge in [0.1, 0.15) is 0 Å². The molecule has 2 heterocycles. The first-order valence-corrected chi connectivity index (χ1v) is 9.41. The van der Waals surface area contributed by atoms with E-state index in [9.17, 15) is 4.79 Å². The van der Waals surface area contributed by atoms with Crippen molar-refractivity contribution in [2.45, 2.75) is 58.4 Å². The van der Waals surface area contributed by atoms with Gasteiger partial charge in [-0.05, 0) is 53.5 Å². The highest BCUT2D eigenvalue weighted by Crippen LogP contribution is 2.30. The minimum Gasteiger partial charge on any atom is -0.356 e. The van der Waals surface area contributed by atoms with Crippen molar-refractivity contribution in [2.75, 3.05) is 39.8 Å². The fraction of sp³-hybridized carbons (Fsp3) is 0.750. The predicted molar refractivity (Wildman–Crippen MR) is 101 cm³/mol. The summed E-state index contributed by atoms with van der Waals surface area (Å²) in [5.74, 6) is 0.215. The first-order chi connectivity index (χ1) is 11.4. The molecule has 1 atom stereocenters. The smallest absolute Gasteiger partial charge is 0.220 e. The Morgan fingerprint density at radius 2 is 2.00 bits per heavy atom. The summed E-state index contributed by atoms with van der Waals surface area (Å²) in [6.45, 7) is 11.7. The van der Waals surface area contributed by atoms with Crippen molar-refractivity contribution in [1.82, 2.24) is 15.1 Å². The van der Waals surface area contributed by atoms with E-state index in [0.717, 1.165) is 58.4 Å². The molecule has 0 bridgehead atoms. The maximum absolute atomic E-state index is 11.7. The van der Waals surface area contributed by atoms with Crippen molar-refractivity contribution >= 4 is 5.91 Å². The number of piperazine rings is 1. The monoisotopic (exact) mass is 333 g/mol. The molecule has 2 aliphatic rings. The summed E-state index contributed by atoms with van der Waals surface area (Å²) in [4.78, 5) is 16.8. The van der Waals surface area contributed by atoms with Gasteiger partial charge in [-0.15, -0.1) is 0 Å². The highest BCUT2D eigenvalue weighted by molar-refractivity contribution is 5.76. The lowest BCUT2D eigenvalue weighted by molar-refractivity contribution is -0.121. The molecule has 136 valence electrons. The molecule has 2 saturated heterocycles. The Morgan fingerprint density at radius 3 is 2.75 bits per heavy atom. The summed E-state index contributed by atoms with van der Waals surface area (Å²) in [6.07, 6.45) is 9.73. The Bertz CT molecular complexity index is 493. The van der Waals surface area contributed by atoms with Crippen LogP contribution in [0.1, 0.15) is 52.9 Å². The van der Waals surface area contributed by atoms with Gasteiger partial charge in [0.25, 0.3) is 0 Å². The van der Waals surface area contributed by atoms with Gasteiger partial charge in [-0.1, -0.05) is 23.3 Å². The molecule has 0 radical (unpaired) electrons. The number of nitrogens with zero attached hydrogens (tertiary/aromatic N) is 2. The standard InChI is InChI=1S/C20H35N3O/c1-17(2)6-5-7-18(3)9-13-23-15-14-22(4)20(16-23)10-8-19(24)21-12-11-20/h6,9H,5,7-8,10-16H2,1-4H3,(H,21,24)/b18-9+. The Kier molecular flexibility index (Phi) is 7.05. The van der Waals surface area contributed by atoms with Crippen molar-refractivity contribution in [3.63, 3.8) is 0 Å². The number of hydrogen-bond acceptors (Lipinski definition) is 3. The van der Waals surface area contributed by atoms with Crippen LogP contribution in [0.25, 0.3) is 0 Å². The first kappa shape index (κ1) is 19.2. The molecule has 1 spiro atoms. The third-order valence-corrected chi connectivity index (χ3v) is 5.60. The van der Waals surface area contributed by atoms with Crippen LogP contribution in [-0.4, -0.2) is 61.0 Å². The largest absolute Gasteiger partial charge is 0.356 e. The molecule has 2 aliphatic heterocycles. The Balaban J connectivity index is 1.90. The normalized spacial score (nSPS) is 27.0. The molecule has 0 saturated carbocycles. The number of allylic oxidation sites excluding steroid dienone is 3. The van der Waals surface area contributed by atoms with E-state index in [0.29, 0.717) is 6.42 Å². The number of nitrogens with one attached hydrogen (secondary N) is 1. The molecule has 1 unspecified atom stereocenters. The molecule has 4 nitrogen and oxygen atoms in total. The van der Waals surface area contributed by atoms with Crippen LogP contribution in [0, 0.1) is 0 Å². The molecule has 24 heavy (non-hydrogen) atoms. The van der Waals surface area contributed by atoms with Crippen LogP contribution in [-0.2, 0) is 4.79 Å². The lowest BCUT2D eigenvalue weighted by Crippen LogP contribution is -2.61. The molecule has 1 amide bonds. The van der Waals surface area contributed by atoms with Gasteiger partial charge in [-0.2, -0.15) is 0 Å². The van der Waals surface area contributed by atoms with Gasteiger partial charge in [-0.25, -0.2) is 0 Å². The van der Waals surface area contributed by atoms with Gasteiger partial charge >= 0.3 is 0 Å². The zero-order chi connectivity index (χ0) is 17.6. The fourth-order valence-electron chi connectivity index (χ4n) is 3.81. The first-order valence-electron chi connectivity index (χ1n) is 9.41. The van der Waals surface area contributed by atoms with E-state index in [2.05, 4.69) is 55.1 Å². The number of hydrogen-bond donors (Lipinski definition) is 1. The van der Waals surface area contributed by atoms with Gasteiger partial charge < -0.3 is 5.32 Å². The lowest BCUT2D eigenvalue weighted by Gasteiger charge is -2.49. The summed E-state index contributed by atoms with van der Waals surface area (Å²) >= 11 is 0. The number of carbonyl (C=O) groups is 1. The third-order valence-electron chi connectivity index (χ3n) is 5.60. The van der Waals surface area contributed by atoms with Crippen molar-refractivity contribution in [3.8, 4) is 0 Å². The molecule has 4 heteroatoms. The Morgan fingerprint density at radius 1 is 1.21 bits per heavy atom. The fourth-order valence-corrected chi connectivity index (χ4v) is 3.81. The van der Waals surface area contributed by atoms with E-state index in [4.69, 9.17) is 0 Å². The SMILES string of the molecule is CC(C)=CCC/C(C)=C/CN1CCN(C)C2(CCNC(=O)CC2)C1. The van der Waals surface area contributed by atoms with E-state index in [-0.39, 0.29) is 11.4 Å². The zero-order valence-electron chi connectivity index (χ0n) is 16.0. The quantitative estimate of drug-likeness (QED) is 0.786. The second-order valence-electron chi connectivity index (χ2n) is 7.85. The van der Waals surface area contributed by atoms with E-state index >= 15 is 0 Å². The number of amides is 1. The second kappa shape index (κ2) is 8.82. The molecule has 0 aliphatic carbocycles. The lowest BCUT2D eigenvalue weighted by atomic mass is 9.86. The van der Waals surface area contributed by atoms with Crippen molar-refractivity contribution in [2.24, 2.45) is 0 Å². The maximum Gasteiger partial charge on any atom is 0.220 e.